The van der Waals surface area contributed by atoms with E-state index in [2.05, 4.69) is 21.1 Å². The molecular weight excluding hydrogens is 342 g/mol. The summed E-state index contributed by atoms with van der Waals surface area (Å²) in [5, 5.41) is 4.38. The Hall–Kier alpha value is -2.24. The van der Waals surface area contributed by atoms with Crippen LogP contribution in [-0.2, 0) is 6.54 Å². The third-order valence-electron chi connectivity index (χ3n) is 3.86. The average molecular weight is 356 g/mol. The Balaban J connectivity index is 1.51. The highest BCUT2D eigenvalue weighted by Gasteiger charge is 2.15. The number of aryl methyl sites for hydroxylation is 1. The van der Waals surface area contributed by atoms with Gasteiger partial charge in [-0.15, -0.1) is 0 Å². The van der Waals surface area contributed by atoms with Gasteiger partial charge in [0.15, 0.2) is 5.16 Å². The first kappa shape index (κ1) is 15.3. The van der Waals surface area contributed by atoms with Crippen molar-refractivity contribution in [3.05, 3.63) is 65.3 Å². The van der Waals surface area contributed by atoms with Crippen LogP contribution in [0.25, 0.3) is 11.3 Å². The van der Waals surface area contributed by atoms with Gasteiger partial charge in [0.2, 0.25) is 0 Å². The van der Waals surface area contributed by atoms with Gasteiger partial charge in [-0.25, -0.2) is 4.98 Å². The summed E-state index contributed by atoms with van der Waals surface area (Å²) < 4.78 is 2.17. The Morgan fingerprint density at radius 1 is 1.17 bits per heavy atom. The molecule has 0 saturated heterocycles. The number of carbonyl (C=O) groups excluding carboxylic acids is 1. The van der Waals surface area contributed by atoms with E-state index in [0.29, 0.717) is 10.6 Å². The van der Waals surface area contributed by atoms with E-state index < -0.39 is 0 Å². The highest BCUT2D eigenvalue weighted by atomic mass is 35.5. The van der Waals surface area contributed by atoms with Crippen LogP contribution in [0.15, 0.2) is 59.9 Å². The molecule has 1 aliphatic heterocycles. The average Bonchev–Trinajstić information content (AvgIpc) is 3.17. The van der Waals surface area contributed by atoms with Crippen LogP contribution in [0, 0.1) is 0 Å². The zero-order chi connectivity index (χ0) is 16.5. The molecule has 4 nitrogen and oxygen atoms in total. The van der Waals surface area contributed by atoms with Crippen molar-refractivity contribution in [1.82, 2.24) is 9.55 Å². The third-order valence-corrected chi connectivity index (χ3v) is 5.16. The number of nitrogens with zero attached hydrogens (tertiary/aromatic N) is 2. The van der Waals surface area contributed by atoms with Crippen LogP contribution in [0.2, 0.25) is 5.02 Å². The van der Waals surface area contributed by atoms with E-state index in [0.717, 1.165) is 34.4 Å². The predicted octanol–water partition coefficient (Wildman–Crippen LogP) is 4.56. The van der Waals surface area contributed by atoms with Crippen LogP contribution >= 0.6 is 23.4 Å². The van der Waals surface area contributed by atoms with Gasteiger partial charge in [-0.05, 0) is 24.3 Å². The second-order valence-corrected chi connectivity index (χ2v) is 6.93. The van der Waals surface area contributed by atoms with Gasteiger partial charge in [0.25, 0.3) is 5.91 Å². The van der Waals surface area contributed by atoms with Crippen LogP contribution in [0.4, 0.5) is 5.69 Å². The predicted molar refractivity (Wildman–Crippen MR) is 97.8 cm³/mol. The molecule has 0 spiro atoms. The molecule has 2 aromatic carbocycles. The molecule has 0 aliphatic carbocycles. The fraction of sp³-hybridized carbons (Fsp3) is 0.111. The zero-order valence-electron chi connectivity index (χ0n) is 12.7. The van der Waals surface area contributed by atoms with E-state index in [1.165, 1.54) is 0 Å². The number of imidazole rings is 1. The first-order valence-corrected chi connectivity index (χ1v) is 8.93. The third kappa shape index (κ3) is 2.92. The summed E-state index contributed by atoms with van der Waals surface area (Å²) in [4.78, 5) is 16.9. The monoisotopic (exact) mass is 355 g/mol. The molecule has 4 rings (SSSR count). The first-order valence-electron chi connectivity index (χ1n) is 7.57. The summed E-state index contributed by atoms with van der Waals surface area (Å²) >= 11 is 7.83. The number of aromatic nitrogens is 2. The number of halogens is 1. The Morgan fingerprint density at radius 3 is 2.71 bits per heavy atom. The Morgan fingerprint density at radius 2 is 1.96 bits per heavy atom. The Labute approximate surface area is 148 Å². The summed E-state index contributed by atoms with van der Waals surface area (Å²) in [6, 6.07) is 14.7. The van der Waals surface area contributed by atoms with Gasteiger partial charge >= 0.3 is 0 Å². The van der Waals surface area contributed by atoms with Gasteiger partial charge in [0.05, 0.1) is 16.3 Å². The van der Waals surface area contributed by atoms with Crippen molar-refractivity contribution < 1.29 is 4.79 Å². The highest BCUT2D eigenvalue weighted by molar-refractivity contribution is 7.99. The number of fused-ring (bicyclic) bond motifs is 1. The summed E-state index contributed by atoms with van der Waals surface area (Å²) in [6.45, 7) is 1.01. The van der Waals surface area contributed by atoms with Crippen LogP contribution in [-0.4, -0.2) is 21.2 Å². The van der Waals surface area contributed by atoms with Crippen molar-refractivity contribution >= 4 is 35.0 Å². The second-order valence-electron chi connectivity index (χ2n) is 5.46. The molecule has 1 aliphatic rings. The largest absolute Gasteiger partial charge is 0.325 e. The summed E-state index contributed by atoms with van der Waals surface area (Å²) in [6.07, 6.45) is 2.08. The highest BCUT2D eigenvalue weighted by Crippen LogP contribution is 2.29. The van der Waals surface area contributed by atoms with Crippen molar-refractivity contribution in [2.24, 2.45) is 0 Å². The fourth-order valence-corrected chi connectivity index (χ4v) is 3.78. The lowest BCUT2D eigenvalue weighted by Crippen LogP contribution is -2.12. The molecule has 0 bridgehead atoms. The maximum absolute atomic E-state index is 12.3. The molecule has 0 unspecified atom stereocenters. The molecule has 1 N–H and O–H groups in total. The van der Waals surface area contributed by atoms with E-state index in [-0.39, 0.29) is 5.91 Å². The number of anilines is 1. The maximum atomic E-state index is 12.3. The zero-order valence-corrected chi connectivity index (χ0v) is 14.3. The summed E-state index contributed by atoms with van der Waals surface area (Å²) in [7, 11) is 0. The Bertz CT molecular complexity index is 883. The van der Waals surface area contributed by atoms with Gasteiger partial charge < -0.3 is 9.88 Å². The van der Waals surface area contributed by atoms with Gasteiger partial charge in [0, 0.05) is 29.7 Å². The standard InChI is InChI=1S/C18H14ClN3OS/c19-15-4-2-1-3-14(15)17(23)20-13-7-5-12(6-8-13)16-11-22-9-10-24-18(22)21-16/h1-8,11H,9-10H2,(H,20,23). The van der Waals surface area contributed by atoms with Crippen molar-refractivity contribution in [2.75, 3.05) is 11.1 Å². The Kier molecular flexibility index (Phi) is 4.04. The van der Waals surface area contributed by atoms with Crippen LogP contribution < -0.4 is 5.32 Å². The fourth-order valence-electron chi connectivity index (χ4n) is 2.62. The van der Waals surface area contributed by atoms with E-state index in [4.69, 9.17) is 11.6 Å². The quantitative estimate of drug-likeness (QED) is 0.749. The van der Waals surface area contributed by atoms with Crippen molar-refractivity contribution in [3.63, 3.8) is 0 Å². The minimum absolute atomic E-state index is 0.217. The molecule has 2 heterocycles. The molecule has 24 heavy (non-hydrogen) atoms. The van der Waals surface area contributed by atoms with Gasteiger partial charge in [-0.2, -0.15) is 0 Å². The smallest absolute Gasteiger partial charge is 0.257 e. The van der Waals surface area contributed by atoms with E-state index in [1.54, 1.807) is 36.0 Å². The summed E-state index contributed by atoms with van der Waals surface area (Å²) in [5.41, 5.74) is 3.19. The number of hydrogen-bond donors (Lipinski definition) is 1. The molecule has 6 heteroatoms. The molecule has 0 fully saturated rings. The van der Waals surface area contributed by atoms with Gasteiger partial charge in [-0.3, -0.25) is 4.79 Å². The number of thioether (sulfide) groups is 1. The lowest BCUT2D eigenvalue weighted by molar-refractivity contribution is 0.102. The maximum Gasteiger partial charge on any atom is 0.257 e. The van der Waals surface area contributed by atoms with E-state index in [1.807, 2.05) is 24.3 Å². The van der Waals surface area contributed by atoms with E-state index >= 15 is 0 Å². The molecule has 0 atom stereocenters. The SMILES string of the molecule is O=C(Nc1ccc(-c2cn3c(n2)SCC3)cc1)c1ccccc1Cl. The number of carbonyl (C=O) groups is 1. The van der Waals surface area contributed by atoms with Crippen molar-refractivity contribution in [2.45, 2.75) is 11.7 Å². The van der Waals surface area contributed by atoms with Crippen LogP contribution in [0.3, 0.4) is 0 Å². The van der Waals surface area contributed by atoms with Gasteiger partial charge in [-0.1, -0.05) is 47.6 Å². The normalized spacial score (nSPS) is 12.9. The molecule has 1 amide bonds. The van der Waals surface area contributed by atoms with Gasteiger partial charge in [0.1, 0.15) is 0 Å². The minimum Gasteiger partial charge on any atom is -0.325 e. The van der Waals surface area contributed by atoms with Crippen LogP contribution in [0.5, 0.6) is 0 Å². The number of benzene rings is 2. The minimum atomic E-state index is -0.217. The molecule has 1 aromatic heterocycles. The molecule has 120 valence electrons. The topological polar surface area (TPSA) is 46.9 Å². The molecule has 0 saturated carbocycles. The number of rotatable bonds is 3. The van der Waals surface area contributed by atoms with Crippen LogP contribution in [0.1, 0.15) is 10.4 Å². The van der Waals surface area contributed by atoms with E-state index in [9.17, 15) is 4.79 Å². The van der Waals surface area contributed by atoms with Crippen molar-refractivity contribution in [3.8, 4) is 11.3 Å². The first-order chi connectivity index (χ1) is 11.7. The number of amides is 1. The molecule has 0 radical (unpaired) electrons. The lowest BCUT2D eigenvalue weighted by Gasteiger charge is -2.07. The number of hydrogen-bond acceptors (Lipinski definition) is 3. The second kappa shape index (κ2) is 6.34. The van der Waals surface area contributed by atoms with Crippen molar-refractivity contribution in [1.29, 1.82) is 0 Å². The molecular formula is C18H14ClN3OS. The molecule has 3 aromatic rings. The summed E-state index contributed by atoms with van der Waals surface area (Å²) in [5.74, 6) is 0.876. The number of nitrogens with one attached hydrogen (secondary N) is 1. The lowest BCUT2D eigenvalue weighted by atomic mass is 10.1.